The molecule has 0 radical (unpaired) electrons. The molecular weight excluding hydrogens is 192 g/mol. The van der Waals surface area contributed by atoms with Crippen LogP contribution in [0, 0.1) is 6.92 Å². The molecule has 0 aliphatic rings. The van der Waals surface area contributed by atoms with Crippen LogP contribution in [0.3, 0.4) is 0 Å². The monoisotopic (exact) mass is 212 g/mol. The van der Waals surface area contributed by atoms with Crippen LogP contribution in [-0.2, 0) is 6.54 Å². The van der Waals surface area contributed by atoms with Crippen LogP contribution in [0.5, 0.6) is 0 Å². The summed E-state index contributed by atoms with van der Waals surface area (Å²) in [6, 6.07) is 0. The van der Waals surface area contributed by atoms with Crippen LogP contribution in [0.4, 0.5) is 0 Å². The molecule has 0 spiro atoms. The second kappa shape index (κ2) is 4.77. The van der Waals surface area contributed by atoms with Gasteiger partial charge in [-0.25, -0.2) is 4.98 Å². The van der Waals surface area contributed by atoms with Crippen LogP contribution in [0.15, 0.2) is 10.8 Å². The lowest BCUT2D eigenvalue weighted by atomic mass is 10.1. The van der Waals surface area contributed by atoms with E-state index in [9.17, 15) is 5.11 Å². The molecular formula is C11H20N2O2. The Kier molecular flexibility index (Phi) is 3.88. The summed E-state index contributed by atoms with van der Waals surface area (Å²) < 4.78 is 5.14. The number of aromatic nitrogens is 1. The van der Waals surface area contributed by atoms with Crippen molar-refractivity contribution in [3.05, 3.63) is 17.8 Å². The van der Waals surface area contributed by atoms with Gasteiger partial charge in [0.1, 0.15) is 5.76 Å². The minimum Gasteiger partial charge on any atom is -0.448 e. The summed E-state index contributed by atoms with van der Waals surface area (Å²) in [6.07, 6.45) is 1.46. The summed E-state index contributed by atoms with van der Waals surface area (Å²) in [7, 11) is 0. The quantitative estimate of drug-likeness (QED) is 0.805. The van der Waals surface area contributed by atoms with Gasteiger partial charge in [-0.2, -0.15) is 0 Å². The molecule has 0 bridgehead atoms. The van der Waals surface area contributed by atoms with Crippen molar-refractivity contribution in [3.63, 3.8) is 0 Å². The van der Waals surface area contributed by atoms with E-state index in [1.807, 2.05) is 20.8 Å². The van der Waals surface area contributed by atoms with Crippen LogP contribution >= 0.6 is 0 Å². The van der Waals surface area contributed by atoms with E-state index in [1.54, 1.807) is 0 Å². The predicted molar refractivity (Wildman–Crippen MR) is 58.5 cm³/mol. The SMILES string of the molecule is CCN(Cc1ncoc1C)CC(C)(C)O. The second-order valence-electron chi connectivity index (χ2n) is 4.47. The molecule has 0 aliphatic heterocycles. The van der Waals surface area contributed by atoms with Gasteiger partial charge in [-0.15, -0.1) is 0 Å². The fourth-order valence-corrected chi connectivity index (χ4v) is 1.52. The van der Waals surface area contributed by atoms with E-state index < -0.39 is 5.60 Å². The number of oxazole rings is 1. The van der Waals surface area contributed by atoms with E-state index in [1.165, 1.54) is 6.39 Å². The molecule has 4 heteroatoms. The Bertz CT molecular complexity index is 302. The topological polar surface area (TPSA) is 49.5 Å². The van der Waals surface area contributed by atoms with Gasteiger partial charge in [0.2, 0.25) is 0 Å². The molecule has 0 aromatic carbocycles. The van der Waals surface area contributed by atoms with Gasteiger partial charge in [-0.05, 0) is 27.3 Å². The molecule has 1 heterocycles. The number of nitrogens with zero attached hydrogens (tertiary/aromatic N) is 2. The van der Waals surface area contributed by atoms with Gasteiger partial charge in [0.15, 0.2) is 6.39 Å². The van der Waals surface area contributed by atoms with Crippen molar-refractivity contribution in [2.75, 3.05) is 13.1 Å². The van der Waals surface area contributed by atoms with Gasteiger partial charge in [0.25, 0.3) is 0 Å². The molecule has 86 valence electrons. The van der Waals surface area contributed by atoms with E-state index >= 15 is 0 Å². The Morgan fingerprint density at radius 2 is 2.20 bits per heavy atom. The highest BCUT2D eigenvalue weighted by molar-refractivity contribution is 5.04. The number of rotatable bonds is 5. The van der Waals surface area contributed by atoms with Crippen LogP contribution in [0.1, 0.15) is 32.2 Å². The van der Waals surface area contributed by atoms with Crippen molar-refractivity contribution >= 4 is 0 Å². The van der Waals surface area contributed by atoms with Gasteiger partial charge in [0, 0.05) is 13.1 Å². The molecule has 0 aliphatic carbocycles. The molecule has 0 atom stereocenters. The van der Waals surface area contributed by atoms with Crippen molar-refractivity contribution in [2.45, 2.75) is 39.8 Å². The molecule has 1 aromatic rings. The summed E-state index contributed by atoms with van der Waals surface area (Å²) >= 11 is 0. The van der Waals surface area contributed by atoms with Crippen molar-refractivity contribution in [1.29, 1.82) is 0 Å². The first-order valence-corrected chi connectivity index (χ1v) is 5.26. The molecule has 0 saturated carbocycles. The van der Waals surface area contributed by atoms with E-state index in [0.29, 0.717) is 6.54 Å². The van der Waals surface area contributed by atoms with Crippen molar-refractivity contribution in [2.24, 2.45) is 0 Å². The maximum absolute atomic E-state index is 9.73. The number of likely N-dealkylation sites (N-methyl/N-ethyl adjacent to an activating group) is 1. The third-order valence-corrected chi connectivity index (χ3v) is 2.28. The lowest BCUT2D eigenvalue weighted by Crippen LogP contribution is -2.38. The van der Waals surface area contributed by atoms with Gasteiger partial charge in [-0.1, -0.05) is 6.92 Å². The normalized spacial score (nSPS) is 12.4. The Labute approximate surface area is 90.9 Å². The average molecular weight is 212 g/mol. The summed E-state index contributed by atoms with van der Waals surface area (Å²) in [5, 5.41) is 9.73. The lowest BCUT2D eigenvalue weighted by molar-refractivity contribution is 0.0349. The highest BCUT2D eigenvalue weighted by atomic mass is 16.3. The lowest BCUT2D eigenvalue weighted by Gasteiger charge is -2.27. The van der Waals surface area contributed by atoms with Crippen LogP contribution < -0.4 is 0 Å². The molecule has 4 nitrogen and oxygen atoms in total. The fraction of sp³-hybridized carbons (Fsp3) is 0.727. The van der Waals surface area contributed by atoms with Gasteiger partial charge in [-0.3, -0.25) is 4.90 Å². The Balaban J connectivity index is 2.58. The van der Waals surface area contributed by atoms with Crippen LogP contribution in [-0.4, -0.2) is 33.7 Å². The van der Waals surface area contributed by atoms with Crippen molar-refractivity contribution < 1.29 is 9.52 Å². The summed E-state index contributed by atoms with van der Waals surface area (Å²) in [6.45, 7) is 9.84. The first kappa shape index (κ1) is 12.2. The Hall–Kier alpha value is -0.870. The van der Waals surface area contributed by atoms with Gasteiger partial charge >= 0.3 is 0 Å². The second-order valence-corrected chi connectivity index (χ2v) is 4.47. The standard InChI is InChI=1S/C11H20N2O2/c1-5-13(7-11(3,4)14)6-10-9(2)15-8-12-10/h8,14H,5-7H2,1-4H3. The Morgan fingerprint density at radius 1 is 1.53 bits per heavy atom. The highest BCUT2D eigenvalue weighted by Crippen LogP contribution is 2.11. The average Bonchev–Trinajstić information content (AvgIpc) is 2.48. The molecule has 0 unspecified atom stereocenters. The molecule has 0 saturated heterocycles. The smallest absolute Gasteiger partial charge is 0.181 e. The largest absolute Gasteiger partial charge is 0.448 e. The first-order valence-electron chi connectivity index (χ1n) is 5.26. The number of aliphatic hydroxyl groups is 1. The molecule has 1 N–H and O–H groups in total. The number of aryl methyl sites for hydroxylation is 1. The maximum atomic E-state index is 9.73. The maximum Gasteiger partial charge on any atom is 0.181 e. The Morgan fingerprint density at radius 3 is 2.60 bits per heavy atom. The molecule has 15 heavy (non-hydrogen) atoms. The van der Waals surface area contributed by atoms with Crippen LogP contribution in [0.25, 0.3) is 0 Å². The number of hydrogen-bond acceptors (Lipinski definition) is 4. The molecule has 1 rings (SSSR count). The molecule has 1 aromatic heterocycles. The zero-order valence-electron chi connectivity index (χ0n) is 9.95. The van der Waals surface area contributed by atoms with Crippen LogP contribution in [0.2, 0.25) is 0 Å². The number of hydrogen-bond donors (Lipinski definition) is 1. The zero-order chi connectivity index (χ0) is 11.5. The summed E-state index contributed by atoms with van der Waals surface area (Å²) in [4.78, 5) is 6.29. The minimum absolute atomic E-state index is 0.635. The van der Waals surface area contributed by atoms with Crippen molar-refractivity contribution in [3.8, 4) is 0 Å². The van der Waals surface area contributed by atoms with Crippen molar-refractivity contribution in [1.82, 2.24) is 9.88 Å². The zero-order valence-corrected chi connectivity index (χ0v) is 9.95. The predicted octanol–water partition coefficient (Wildman–Crippen LogP) is 1.58. The van der Waals surface area contributed by atoms with E-state index in [-0.39, 0.29) is 0 Å². The minimum atomic E-state index is -0.673. The molecule has 0 amide bonds. The summed E-state index contributed by atoms with van der Waals surface area (Å²) in [5.41, 5.74) is 0.272. The first-order chi connectivity index (χ1) is 6.92. The van der Waals surface area contributed by atoms with Gasteiger partial charge in [0.05, 0.1) is 11.3 Å². The van der Waals surface area contributed by atoms with Gasteiger partial charge < -0.3 is 9.52 Å². The van der Waals surface area contributed by atoms with E-state index in [2.05, 4.69) is 16.8 Å². The highest BCUT2D eigenvalue weighted by Gasteiger charge is 2.18. The summed E-state index contributed by atoms with van der Waals surface area (Å²) in [5.74, 6) is 0.851. The third-order valence-electron chi connectivity index (χ3n) is 2.28. The van der Waals surface area contributed by atoms with E-state index in [0.717, 1.165) is 24.5 Å². The van der Waals surface area contributed by atoms with E-state index in [4.69, 9.17) is 4.42 Å². The molecule has 0 fully saturated rings. The third kappa shape index (κ3) is 4.01. The fourth-order valence-electron chi connectivity index (χ4n) is 1.52.